The second-order valence-electron chi connectivity index (χ2n) is 6.75. The van der Waals surface area contributed by atoms with Crippen molar-refractivity contribution in [1.82, 2.24) is 9.55 Å². The molecule has 4 rings (SSSR count). The molecule has 1 aliphatic rings. The molecule has 1 saturated heterocycles. The fraction of sp³-hybridized carbons (Fsp3) is 0.238. The van der Waals surface area contributed by atoms with Gasteiger partial charge in [-0.05, 0) is 42.8 Å². The van der Waals surface area contributed by atoms with Crippen molar-refractivity contribution in [2.75, 3.05) is 10.2 Å². The van der Waals surface area contributed by atoms with E-state index in [1.165, 1.54) is 4.90 Å². The number of carbonyl (C=O) groups excluding carboxylic acids is 3. The van der Waals surface area contributed by atoms with Crippen LogP contribution in [0.5, 0.6) is 0 Å². The molecular formula is C21H20N4O3. The highest BCUT2D eigenvalue weighted by atomic mass is 16.2. The smallest absolute Gasteiger partial charge is 0.233 e. The van der Waals surface area contributed by atoms with Crippen LogP contribution in [0.25, 0.3) is 11.0 Å². The van der Waals surface area contributed by atoms with Crippen LogP contribution in [-0.4, -0.2) is 27.3 Å². The van der Waals surface area contributed by atoms with Crippen molar-refractivity contribution in [2.45, 2.75) is 32.2 Å². The SMILES string of the molecule is O=C(CCn1cnc2ccccc21)Nc1ccc(N2C(=O)CCCC2=O)cc1. The topological polar surface area (TPSA) is 84.3 Å². The fourth-order valence-electron chi connectivity index (χ4n) is 3.37. The number of imide groups is 1. The summed E-state index contributed by atoms with van der Waals surface area (Å²) in [6.07, 6.45) is 3.42. The Morgan fingerprint density at radius 2 is 1.71 bits per heavy atom. The highest BCUT2D eigenvalue weighted by Crippen LogP contribution is 2.23. The number of benzene rings is 2. The van der Waals surface area contributed by atoms with Crippen molar-refractivity contribution in [3.63, 3.8) is 0 Å². The van der Waals surface area contributed by atoms with Crippen molar-refractivity contribution in [1.29, 1.82) is 0 Å². The van der Waals surface area contributed by atoms with E-state index in [0.29, 0.717) is 43.6 Å². The summed E-state index contributed by atoms with van der Waals surface area (Å²) in [7, 11) is 0. The number of piperidine rings is 1. The van der Waals surface area contributed by atoms with E-state index in [2.05, 4.69) is 10.3 Å². The Morgan fingerprint density at radius 3 is 2.46 bits per heavy atom. The maximum Gasteiger partial charge on any atom is 0.233 e. The van der Waals surface area contributed by atoms with Crippen LogP contribution >= 0.6 is 0 Å². The van der Waals surface area contributed by atoms with Crippen molar-refractivity contribution < 1.29 is 14.4 Å². The first-order chi connectivity index (χ1) is 13.6. The molecule has 1 fully saturated rings. The summed E-state index contributed by atoms with van der Waals surface area (Å²) in [5, 5.41) is 2.84. The number of imidazole rings is 1. The zero-order valence-electron chi connectivity index (χ0n) is 15.3. The largest absolute Gasteiger partial charge is 0.330 e. The first kappa shape index (κ1) is 17.9. The molecule has 0 atom stereocenters. The maximum absolute atomic E-state index is 12.3. The second kappa shape index (κ2) is 7.64. The molecule has 0 spiro atoms. The number of fused-ring (bicyclic) bond motifs is 1. The Morgan fingerprint density at radius 1 is 1.00 bits per heavy atom. The number of nitrogens with one attached hydrogen (secondary N) is 1. The second-order valence-corrected chi connectivity index (χ2v) is 6.75. The van der Waals surface area contributed by atoms with Crippen LogP contribution in [0.2, 0.25) is 0 Å². The molecule has 3 aromatic rings. The van der Waals surface area contributed by atoms with Crippen LogP contribution in [0.4, 0.5) is 11.4 Å². The summed E-state index contributed by atoms with van der Waals surface area (Å²) in [6.45, 7) is 0.529. The van der Waals surface area contributed by atoms with Gasteiger partial charge in [-0.15, -0.1) is 0 Å². The molecule has 0 saturated carbocycles. The van der Waals surface area contributed by atoms with E-state index in [-0.39, 0.29) is 17.7 Å². The molecule has 2 aromatic carbocycles. The number of anilines is 2. The number of para-hydroxylation sites is 2. The molecule has 0 radical (unpaired) electrons. The molecule has 1 aliphatic heterocycles. The van der Waals surface area contributed by atoms with Gasteiger partial charge in [0.05, 0.1) is 23.0 Å². The van der Waals surface area contributed by atoms with Crippen LogP contribution in [0, 0.1) is 0 Å². The average Bonchev–Trinajstić information content (AvgIpc) is 3.11. The summed E-state index contributed by atoms with van der Waals surface area (Å²) in [5.74, 6) is -0.475. The molecule has 2 heterocycles. The van der Waals surface area contributed by atoms with Gasteiger partial charge in [-0.3, -0.25) is 19.3 Å². The van der Waals surface area contributed by atoms with Gasteiger partial charge in [0.1, 0.15) is 0 Å². The van der Waals surface area contributed by atoms with Gasteiger partial charge < -0.3 is 9.88 Å². The van der Waals surface area contributed by atoms with E-state index in [9.17, 15) is 14.4 Å². The lowest BCUT2D eigenvalue weighted by Gasteiger charge is -2.24. The Kier molecular flexibility index (Phi) is 4.89. The quantitative estimate of drug-likeness (QED) is 0.694. The van der Waals surface area contributed by atoms with Gasteiger partial charge in [-0.1, -0.05) is 12.1 Å². The zero-order valence-corrected chi connectivity index (χ0v) is 15.3. The van der Waals surface area contributed by atoms with E-state index in [1.807, 2.05) is 28.8 Å². The van der Waals surface area contributed by atoms with E-state index in [0.717, 1.165) is 11.0 Å². The number of aromatic nitrogens is 2. The number of hydrogen-bond acceptors (Lipinski definition) is 4. The third-order valence-corrected chi connectivity index (χ3v) is 4.80. The van der Waals surface area contributed by atoms with Gasteiger partial charge in [0.15, 0.2) is 0 Å². The van der Waals surface area contributed by atoms with Gasteiger partial charge >= 0.3 is 0 Å². The summed E-state index contributed by atoms with van der Waals surface area (Å²) < 4.78 is 1.95. The van der Waals surface area contributed by atoms with Gasteiger partial charge in [-0.25, -0.2) is 4.98 Å². The number of aryl methyl sites for hydroxylation is 1. The molecule has 1 N–H and O–H groups in total. The molecule has 0 aliphatic carbocycles. The summed E-state index contributed by atoms with van der Waals surface area (Å²) in [4.78, 5) is 41.8. The number of hydrogen-bond donors (Lipinski definition) is 1. The predicted molar refractivity (Wildman–Crippen MR) is 106 cm³/mol. The van der Waals surface area contributed by atoms with Crippen molar-refractivity contribution >= 4 is 40.1 Å². The Balaban J connectivity index is 1.37. The van der Waals surface area contributed by atoms with E-state index in [1.54, 1.807) is 30.6 Å². The molecule has 7 nitrogen and oxygen atoms in total. The van der Waals surface area contributed by atoms with Gasteiger partial charge in [0, 0.05) is 31.5 Å². The first-order valence-electron chi connectivity index (χ1n) is 9.27. The first-order valence-corrected chi connectivity index (χ1v) is 9.27. The third-order valence-electron chi connectivity index (χ3n) is 4.80. The summed E-state index contributed by atoms with van der Waals surface area (Å²) >= 11 is 0. The minimum absolute atomic E-state index is 0.115. The van der Waals surface area contributed by atoms with Crippen LogP contribution in [0.15, 0.2) is 54.9 Å². The molecule has 28 heavy (non-hydrogen) atoms. The fourth-order valence-corrected chi connectivity index (χ4v) is 3.37. The monoisotopic (exact) mass is 376 g/mol. The van der Waals surface area contributed by atoms with Gasteiger partial charge in [0.25, 0.3) is 0 Å². The Labute approximate surface area is 162 Å². The zero-order chi connectivity index (χ0) is 19.5. The molecular weight excluding hydrogens is 356 g/mol. The number of rotatable bonds is 5. The lowest BCUT2D eigenvalue weighted by atomic mass is 10.1. The number of nitrogens with zero attached hydrogens (tertiary/aromatic N) is 3. The van der Waals surface area contributed by atoms with Crippen LogP contribution in [0.3, 0.4) is 0 Å². The van der Waals surface area contributed by atoms with E-state index < -0.39 is 0 Å². The average molecular weight is 376 g/mol. The Bertz CT molecular complexity index is 1020. The third kappa shape index (κ3) is 3.64. The van der Waals surface area contributed by atoms with Crippen molar-refractivity contribution in [2.24, 2.45) is 0 Å². The molecule has 0 bridgehead atoms. The van der Waals surface area contributed by atoms with Crippen molar-refractivity contribution in [3.8, 4) is 0 Å². The normalized spacial score (nSPS) is 14.5. The highest BCUT2D eigenvalue weighted by molar-refractivity contribution is 6.16. The highest BCUT2D eigenvalue weighted by Gasteiger charge is 2.27. The van der Waals surface area contributed by atoms with Gasteiger partial charge in [-0.2, -0.15) is 0 Å². The van der Waals surface area contributed by atoms with E-state index >= 15 is 0 Å². The lowest BCUT2D eigenvalue weighted by Crippen LogP contribution is -2.40. The minimum atomic E-state index is -0.180. The van der Waals surface area contributed by atoms with Crippen LogP contribution in [-0.2, 0) is 20.9 Å². The number of amides is 3. The summed E-state index contributed by atoms with van der Waals surface area (Å²) in [6, 6.07) is 14.6. The maximum atomic E-state index is 12.3. The van der Waals surface area contributed by atoms with Gasteiger partial charge in [0.2, 0.25) is 17.7 Å². The van der Waals surface area contributed by atoms with Crippen molar-refractivity contribution in [3.05, 3.63) is 54.9 Å². The predicted octanol–water partition coefficient (Wildman–Crippen LogP) is 3.11. The molecule has 3 amide bonds. The van der Waals surface area contributed by atoms with E-state index in [4.69, 9.17) is 0 Å². The molecule has 7 heteroatoms. The molecule has 1 aromatic heterocycles. The Hall–Kier alpha value is -3.48. The molecule has 142 valence electrons. The standard InChI is InChI=1S/C21H20N4O3/c26-19(12-13-24-14-22-17-4-1-2-5-18(17)24)23-15-8-10-16(11-9-15)25-20(27)6-3-7-21(25)28/h1-2,4-5,8-11,14H,3,6-7,12-13H2,(H,23,26). The number of carbonyl (C=O) groups is 3. The summed E-state index contributed by atoms with van der Waals surface area (Å²) in [5.41, 5.74) is 3.06. The lowest BCUT2D eigenvalue weighted by molar-refractivity contribution is -0.129. The molecule has 0 unspecified atom stereocenters. The van der Waals surface area contributed by atoms with Crippen LogP contribution in [0.1, 0.15) is 25.7 Å². The van der Waals surface area contributed by atoms with Crippen LogP contribution < -0.4 is 10.2 Å². The minimum Gasteiger partial charge on any atom is -0.330 e.